The second kappa shape index (κ2) is 8.56. The zero-order valence-corrected chi connectivity index (χ0v) is 16.2. The van der Waals surface area contributed by atoms with E-state index in [0.717, 1.165) is 19.6 Å². The summed E-state index contributed by atoms with van der Waals surface area (Å²) in [5.41, 5.74) is 0.876. The predicted molar refractivity (Wildman–Crippen MR) is 100 cm³/mol. The first-order valence-corrected chi connectivity index (χ1v) is 9.04. The maximum atomic E-state index is 12.5. The van der Waals surface area contributed by atoms with Crippen LogP contribution < -0.4 is 14.8 Å². The number of benzene rings is 1. The summed E-state index contributed by atoms with van der Waals surface area (Å²) in [6, 6.07) is 5.25. The molecule has 1 heterocycles. The van der Waals surface area contributed by atoms with Crippen molar-refractivity contribution in [1.29, 1.82) is 0 Å². The second-order valence-electron chi connectivity index (χ2n) is 8.12. The number of nitrogens with one attached hydrogen (secondary N) is 1. The molecule has 1 aromatic rings. The lowest BCUT2D eigenvalue weighted by molar-refractivity contribution is 0.0916. The highest BCUT2D eigenvalue weighted by molar-refractivity contribution is 5.95. The van der Waals surface area contributed by atoms with Crippen LogP contribution in [-0.2, 0) is 0 Å². The first-order chi connectivity index (χ1) is 11.8. The van der Waals surface area contributed by atoms with Crippen LogP contribution in [0, 0.1) is 11.3 Å². The Balaban J connectivity index is 1.91. The molecule has 1 saturated heterocycles. The SMILES string of the molecule is COc1cc(OC)cc(C(=O)NC[C@H]2CCCN(CC(C)(C)C)C2)c1. The largest absolute Gasteiger partial charge is 0.497 e. The molecule has 0 spiro atoms. The standard InChI is InChI=1S/C20H32N2O3/c1-20(2,3)14-22-8-6-7-15(13-22)12-21-19(23)16-9-17(24-4)11-18(10-16)25-5/h9-11,15H,6-8,12-14H2,1-5H3,(H,21,23)/t15-/m1/s1. The van der Waals surface area contributed by atoms with E-state index in [1.165, 1.54) is 12.8 Å². The zero-order chi connectivity index (χ0) is 18.4. The van der Waals surface area contributed by atoms with Crippen molar-refractivity contribution in [3.8, 4) is 11.5 Å². The molecule has 5 heteroatoms. The maximum absolute atomic E-state index is 12.5. The molecule has 1 aliphatic heterocycles. The van der Waals surface area contributed by atoms with Gasteiger partial charge in [0.1, 0.15) is 11.5 Å². The highest BCUT2D eigenvalue weighted by Gasteiger charge is 2.24. The van der Waals surface area contributed by atoms with Crippen molar-refractivity contribution in [2.75, 3.05) is 40.4 Å². The van der Waals surface area contributed by atoms with Gasteiger partial charge in [0.25, 0.3) is 5.91 Å². The molecule has 0 aromatic heterocycles. The Morgan fingerprint density at radius 2 is 1.84 bits per heavy atom. The summed E-state index contributed by atoms with van der Waals surface area (Å²) in [7, 11) is 3.17. The number of hydrogen-bond donors (Lipinski definition) is 1. The molecule has 1 fully saturated rings. The number of ether oxygens (including phenoxy) is 2. The van der Waals surface area contributed by atoms with Crippen LogP contribution >= 0.6 is 0 Å². The average molecular weight is 348 g/mol. The van der Waals surface area contributed by atoms with Crippen molar-refractivity contribution in [3.63, 3.8) is 0 Å². The number of carbonyl (C=O) groups is 1. The Kier molecular flexibility index (Phi) is 6.71. The molecule has 1 amide bonds. The van der Waals surface area contributed by atoms with Crippen LogP contribution in [0.3, 0.4) is 0 Å². The van der Waals surface area contributed by atoms with Gasteiger partial charge < -0.3 is 19.7 Å². The molecule has 140 valence electrons. The topological polar surface area (TPSA) is 50.8 Å². The Labute approximate surface area is 151 Å². The van der Waals surface area contributed by atoms with Crippen LogP contribution in [0.4, 0.5) is 0 Å². The van der Waals surface area contributed by atoms with Crippen LogP contribution in [0.15, 0.2) is 18.2 Å². The summed E-state index contributed by atoms with van der Waals surface area (Å²) in [6.45, 7) is 10.8. The fraction of sp³-hybridized carbons (Fsp3) is 0.650. The third-order valence-electron chi connectivity index (χ3n) is 4.47. The van der Waals surface area contributed by atoms with Crippen molar-refractivity contribution in [3.05, 3.63) is 23.8 Å². The molecule has 1 N–H and O–H groups in total. The Morgan fingerprint density at radius 1 is 1.20 bits per heavy atom. The fourth-order valence-corrected chi connectivity index (χ4v) is 3.41. The average Bonchev–Trinajstić information content (AvgIpc) is 2.58. The monoisotopic (exact) mass is 348 g/mol. The van der Waals surface area contributed by atoms with E-state index in [-0.39, 0.29) is 5.91 Å². The molecule has 25 heavy (non-hydrogen) atoms. The summed E-state index contributed by atoms with van der Waals surface area (Å²) >= 11 is 0. The van der Waals surface area contributed by atoms with Crippen LogP contribution in [0.2, 0.25) is 0 Å². The minimum Gasteiger partial charge on any atom is -0.497 e. The van der Waals surface area contributed by atoms with Gasteiger partial charge in [-0.1, -0.05) is 20.8 Å². The molecule has 0 bridgehead atoms. The van der Waals surface area contributed by atoms with E-state index in [0.29, 0.717) is 34.9 Å². The summed E-state index contributed by atoms with van der Waals surface area (Å²) in [5.74, 6) is 1.68. The quantitative estimate of drug-likeness (QED) is 0.858. The van der Waals surface area contributed by atoms with Gasteiger partial charge in [0, 0.05) is 31.3 Å². The van der Waals surface area contributed by atoms with Gasteiger partial charge in [0.15, 0.2) is 0 Å². The highest BCUT2D eigenvalue weighted by atomic mass is 16.5. The lowest BCUT2D eigenvalue weighted by Crippen LogP contribution is -2.43. The summed E-state index contributed by atoms with van der Waals surface area (Å²) in [4.78, 5) is 15.0. The minimum atomic E-state index is -0.0786. The first-order valence-electron chi connectivity index (χ1n) is 9.04. The van der Waals surface area contributed by atoms with Crippen molar-refractivity contribution in [1.82, 2.24) is 10.2 Å². The number of rotatable bonds is 6. The van der Waals surface area contributed by atoms with Crippen LogP contribution in [-0.4, -0.2) is 51.2 Å². The normalized spacial score (nSPS) is 18.7. The van der Waals surface area contributed by atoms with Crippen LogP contribution in [0.5, 0.6) is 11.5 Å². The maximum Gasteiger partial charge on any atom is 0.251 e. The molecule has 0 saturated carbocycles. The number of nitrogens with zero attached hydrogens (tertiary/aromatic N) is 1. The third-order valence-corrected chi connectivity index (χ3v) is 4.47. The zero-order valence-electron chi connectivity index (χ0n) is 16.2. The molecule has 1 aromatic carbocycles. The summed E-state index contributed by atoms with van der Waals surface area (Å²) in [5, 5.41) is 3.08. The molecule has 0 aliphatic carbocycles. The molecule has 5 nitrogen and oxygen atoms in total. The smallest absolute Gasteiger partial charge is 0.251 e. The Bertz CT molecular complexity index is 559. The van der Waals surface area contributed by atoms with Gasteiger partial charge in [-0.25, -0.2) is 0 Å². The van der Waals surface area contributed by atoms with Crippen molar-refractivity contribution in [2.24, 2.45) is 11.3 Å². The second-order valence-corrected chi connectivity index (χ2v) is 8.12. The lowest BCUT2D eigenvalue weighted by Gasteiger charge is -2.36. The van der Waals surface area contributed by atoms with E-state index >= 15 is 0 Å². The van der Waals surface area contributed by atoms with Crippen LogP contribution in [0.25, 0.3) is 0 Å². The van der Waals surface area contributed by atoms with E-state index in [1.807, 2.05) is 0 Å². The highest BCUT2D eigenvalue weighted by Crippen LogP contribution is 2.23. The number of likely N-dealkylation sites (tertiary alicyclic amines) is 1. The molecule has 0 unspecified atom stereocenters. The van der Waals surface area contributed by atoms with Gasteiger partial charge >= 0.3 is 0 Å². The predicted octanol–water partition coefficient (Wildman–Crippen LogP) is 3.19. The molecular formula is C20H32N2O3. The molecule has 2 rings (SSSR count). The summed E-state index contributed by atoms with van der Waals surface area (Å²) < 4.78 is 10.5. The number of amides is 1. The number of carbonyl (C=O) groups excluding carboxylic acids is 1. The molecule has 0 radical (unpaired) electrons. The van der Waals surface area contributed by atoms with E-state index < -0.39 is 0 Å². The van der Waals surface area contributed by atoms with Gasteiger partial charge in [-0.3, -0.25) is 4.79 Å². The fourth-order valence-electron chi connectivity index (χ4n) is 3.41. The lowest BCUT2D eigenvalue weighted by atomic mass is 9.92. The van der Waals surface area contributed by atoms with Gasteiger partial charge in [0.2, 0.25) is 0 Å². The van der Waals surface area contributed by atoms with E-state index in [1.54, 1.807) is 32.4 Å². The van der Waals surface area contributed by atoms with Gasteiger partial charge in [0.05, 0.1) is 14.2 Å². The Morgan fingerprint density at radius 3 is 2.40 bits per heavy atom. The van der Waals surface area contributed by atoms with Crippen LogP contribution in [0.1, 0.15) is 44.0 Å². The minimum absolute atomic E-state index is 0.0786. The molecule has 1 aliphatic rings. The van der Waals surface area contributed by atoms with E-state index in [9.17, 15) is 4.79 Å². The first kappa shape index (κ1) is 19.6. The van der Waals surface area contributed by atoms with E-state index in [4.69, 9.17) is 9.47 Å². The molecule has 1 atom stereocenters. The van der Waals surface area contributed by atoms with Gasteiger partial charge in [-0.05, 0) is 42.9 Å². The number of hydrogen-bond acceptors (Lipinski definition) is 4. The Hall–Kier alpha value is -1.75. The van der Waals surface area contributed by atoms with Crippen molar-refractivity contribution in [2.45, 2.75) is 33.6 Å². The van der Waals surface area contributed by atoms with Crippen molar-refractivity contribution < 1.29 is 14.3 Å². The van der Waals surface area contributed by atoms with Gasteiger partial charge in [-0.15, -0.1) is 0 Å². The van der Waals surface area contributed by atoms with Gasteiger partial charge in [-0.2, -0.15) is 0 Å². The molecular weight excluding hydrogens is 316 g/mol. The van der Waals surface area contributed by atoms with E-state index in [2.05, 4.69) is 31.0 Å². The number of piperidine rings is 1. The number of methoxy groups -OCH3 is 2. The third kappa shape index (κ3) is 6.24. The van der Waals surface area contributed by atoms with Crippen molar-refractivity contribution >= 4 is 5.91 Å². The summed E-state index contributed by atoms with van der Waals surface area (Å²) in [6.07, 6.45) is 2.37.